The fraction of sp³-hybridized carbons (Fsp3) is 0.700. The molecule has 2 rings (SSSR count). The van der Waals surface area contributed by atoms with Gasteiger partial charge in [0, 0.05) is 19.0 Å². The molecule has 0 amide bonds. The molecule has 0 bridgehead atoms. The summed E-state index contributed by atoms with van der Waals surface area (Å²) in [4.78, 5) is 4.40. The number of nitrogens with zero attached hydrogens (tertiary/aromatic N) is 2. The molecule has 72 valence electrons. The second kappa shape index (κ2) is 3.14. The zero-order valence-electron chi connectivity index (χ0n) is 8.33. The van der Waals surface area contributed by atoms with Crippen LogP contribution in [0.15, 0.2) is 6.20 Å². The highest BCUT2D eigenvalue weighted by Crippen LogP contribution is 2.22. The fourth-order valence-corrected chi connectivity index (χ4v) is 1.98. The van der Waals surface area contributed by atoms with Gasteiger partial charge < -0.3 is 10.3 Å². The van der Waals surface area contributed by atoms with Gasteiger partial charge in [-0.3, -0.25) is 0 Å². The van der Waals surface area contributed by atoms with Crippen LogP contribution in [0.2, 0.25) is 0 Å². The standard InChI is InChI=1S/C10H17N3/c1-7-3-4-10-12-5-9(8(2)11)13(10)6-7/h5,7-8H,3-4,6,11H2,1-2H3. The van der Waals surface area contributed by atoms with Crippen LogP contribution >= 0.6 is 0 Å². The Morgan fingerprint density at radius 2 is 2.46 bits per heavy atom. The van der Waals surface area contributed by atoms with E-state index >= 15 is 0 Å². The summed E-state index contributed by atoms with van der Waals surface area (Å²) in [5.41, 5.74) is 7.05. The first-order valence-electron chi connectivity index (χ1n) is 4.98. The van der Waals surface area contributed by atoms with Crippen LogP contribution in [-0.2, 0) is 13.0 Å². The van der Waals surface area contributed by atoms with E-state index in [0.29, 0.717) is 0 Å². The van der Waals surface area contributed by atoms with E-state index in [1.54, 1.807) is 0 Å². The van der Waals surface area contributed by atoms with Gasteiger partial charge >= 0.3 is 0 Å². The number of fused-ring (bicyclic) bond motifs is 1. The molecule has 1 aliphatic heterocycles. The Balaban J connectivity index is 2.35. The minimum atomic E-state index is 0.103. The summed E-state index contributed by atoms with van der Waals surface area (Å²) in [6.07, 6.45) is 4.29. The average Bonchev–Trinajstić information content (AvgIpc) is 2.46. The summed E-state index contributed by atoms with van der Waals surface area (Å²) in [7, 11) is 0. The number of aryl methyl sites for hydroxylation is 1. The Hall–Kier alpha value is -0.830. The van der Waals surface area contributed by atoms with Crippen LogP contribution < -0.4 is 5.73 Å². The maximum absolute atomic E-state index is 5.87. The Bertz CT molecular complexity index is 301. The molecule has 1 aromatic rings. The van der Waals surface area contributed by atoms with Crippen molar-refractivity contribution in [3.05, 3.63) is 17.7 Å². The Morgan fingerprint density at radius 3 is 3.15 bits per heavy atom. The van der Waals surface area contributed by atoms with Crippen LogP contribution in [0.3, 0.4) is 0 Å². The third-order valence-corrected chi connectivity index (χ3v) is 2.79. The van der Waals surface area contributed by atoms with Crippen molar-refractivity contribution >= 4 is 0 Å². The molecular weight excluding hydrogens is 162 g/mol. The van der Waals surface area contributed by atoms with Gasteiger partial charge in [-0.15, -0.1) is 0 Å². The molecule has 1 aromatic heterocycles. The van der Waals surface area contributed by atoms with Gasteiger partial charge in [-0.2, -0.15) is 0 Å². The highest BCUT2D eigenvalue weighted by Gasteiger charge is 2.19. The lowest BCUT2D eigenvalue weighted by atomic mass is 10.0. The molecule has 0 spiro atoms. The molecular formula is C10H17N3. The summed E-state index contributed by atoms with van der Waals surface area (Å²) in [6.45, 7) is 5.39. The van der Waals surface area contributed by atoms with Crippen LogP contribution in [0.1, 0.15) is 37.8 Å². The minimum Gasteiger partial charge on any atom is -0.330 e. The topological polar surface area (TPSA) is 43.8 Å². The SMILES string of the molecule is CC1CCc2ncc(C(C)N)n2C1. The van der Waals surface area contributed by atoms with E-state index < -0.39 is 0 Å². The summed E-state index contributed by atoms with van der Waals surface area (Å²) < 4.78 is 2.29. The molecule has 0 fully saturated rings. The number of rotatable bonds is 1. The predicted octanol–water partition coefficient (Wildman–Crippen LogP) is 1.49. The lowest BCUT2D eigenvalue weighted by Crippen LogP contribution is -2.22. The summed E-state index contributed by atoms with van der Waals surface area (Å²) >= 11 is 0. The number of nitrogens with two attached hydrogens (primary N) is 1. The van der Waals surface area contributed by atoms with Gasteiger partial charge in [0.05, 0.1) is 11.9 Å². The molecule has 2 atom stereocenters. The number of imidazole rings is 1. The lowest BCUT2D eigenvalue weighted by molar-refractivity contribution is 0.382. The maximum atomic E-state index is 5.87. The van der Waals surface area contributed by atoms with E-state index in [2.05, 4.69) is 16.5 Å². The molecule has 3 heteroatoms. The molecule has 0 saturated heterocycles. The smallest absolute Gasteiger partial charge is 0.108 e. The van der Waals surface area contributed by atoms with E-state index in [4.69, 9.17) is 5.73 Å². The van der Waals surface area contributed by atoms with Gasteiger partial charge in [-0.05, 0) is 19.3 Å². The van der Waals surface area contributed by atoms with Crippen LogP contribution in [-0.4, -0.2) is 9.55 Å². The van der Waals surface area contributed by atoms with Crippen LogP contribution in [0.4, 0.5) is 0 Å². The average molecular weight is 179 g/mol. The molecule has 0 aromatic carbocycles. The third-order valence-electron chi connectivity index (χ3n) is 2.79. The normalized spacial score (nSPS) is 24.1. The van der Waals surface area contributed by atoms with Crippen molar-refractivity contribution in [3.63, 3.8) is 0 Å². The number of aromatic nitrogens is 2. The first-order valence-corrected chi connectivity index (χ1v) is 4.98. The minimum absolute atomic E-state index is 0.103. The van der Waals surface area contributed by atoms with Crippen molar-refractivity contribution in [1.82, 2.24) is 9.55 Å². The largest absolute Gasteiger partial charge is 0.330 e. The van der Waals surface area contributed by atoms with E-state index in [-0.39, 0.29) is 6.04 Å². The third kappa shape index (κ3) is 1.48. The van der Waals surface area contributed by atoms with Gasteiger partial charge in [-0.25, -0.2) is 4.98 Å². The quantitative estimate of drug-likeness (QED) is 0.709. The van der Waals surface area contributed by atoms with E-state index in [9.17, 15) is 0 Å². The molecule has 3 nitrogen and oxygen atoms in total. The van der Waals surface area contributed by atoms with E-state index in [0.717, 1.165) is 18.9 Å². The zero-order chi connectivity index (χ0) is 9.42. The van der Waals surface area contributed by atoms with Crippen LogP contribution in [0.25, 0.3) is 0 Å². The molecule has 2 N–H and O–H groups in total. The predicted molar refractivity (Wildman–Crippen MR) is 52.3 cm³/mol. The maximum Gasteiger partial charge on any atom is 0.108 e. The van der Waals surface area contributed by atoms with Crippen molar-refractivity contribution in [2.45, 2.75) is 39.3 Å². The van der Waals surface area contributed by atoms with Gasteiger partial charge in [0.15, 0.2) is 0 Å². The van der Waals surface area contributed by atoms with Gasteiger partial charge in [0.2, 0.25) is 0 Å². The van der Waals surface area contributed by atoms with Crippen molar-refractivity contribution in [2.75, 3.05) is 0 Å². The van der Waals surface area contributed by atoms with Gasteiger partial charge in [0.25, 0.3) is 0 Å². The molecule has 0 radical (unpaired) electrons. The van der Waals surface area contributed by atoms with Gasteiger partial charge in [0.1, 0.15) is 5.82 Å². The summed E-state index contributed by atoms with van der Waals surface area (Å²) in [6, 6.07) is 0.103. The molecule has 1 aliphatic rings. The van der Waals surface area contributed by atoms with Crippen molar-refractivity contribution in [1.29, 1.82) is 0 Å². The second-order valence-corrected chi connectivity index (χ2v) is 4.14. The monoisotopic (exact) mass is 179 g/mol. The Kier molecular flexibility index (Phi) is 2.12. The van der Waals surface area contributed by atoms with E-state index in [1.165, 1.54) is 17.9 Å². The molecule has 13 heavy (non-hydrogen) atoms. The van der Waals surface area contributed by atoms with E-state index in [1.807, 2.05) is 13.1 Å². The summed E-state index contributed by atoms with van der Waals surface area (Å²) in [5.74, 6) is 1.98. The Labute approximate surface area is 79.0 Å². The highest BCUT2D eigenvalue weighted by atomic mass is 15.1. The first kappa shape index (κ1) is 8.75. The summed E-state index contributed by atoms with van der Waals surface area (Å²) in [5, 5.41) is 0. The molecule has 0 saturated carbocycles. The first-order chi connectivity index (χ1) is 6.18. The van der Waals surface area contributed by atoms with Crippen molar-refractivity contribution in [3.8, 4) is 0 Å². The molecule has 2 heterocycles. The second-order valence-electron chi connectivity index (χ2n) is 4.14. The number of hydrogen-bond acceptors (Lipinski definition) is 2. The lowest BCUT2D eigenvalue weighted by Gasteiger charge is -2.23. The van der Waals surface area contributed by atoms with Crippen molar-refractivity contribution < 1.29 is 0 Å². The van der Waals surface area contributed by atoms with Gasteiger partial charge in [-0.1, -0.05) is 6.92 Å². The zero-order valence-corrected chi connectivity index (χ0v) is 8.33. The molecule has 0 aliphatic carbocycles. The Morgan fingerprint density at radius 1 is 1.69 bits per heavy atom. The number of hydrogen-bond donors (Lipinski definition) is 1. The highest BCUT2D eigenvalue weighted by molar-refractivity contribution is 5.11. The van der Waals surface area contributed by atoms with Crippen LogP contribution in [0.5, 0.6) is 0 Å². The fourth-order valence-electron chi connectivity index (χ4n) is 1.98. The van der Waals surface area contributed by atoms with Crippen molar-refractivity contribution in [2.24, 2.45) is 11.7 Å². The van der Waals surface area contributed by atoms with Crippen LogP contribution in [0, 0.1) is 5.92 Å². The molecule has 2 unspecified atom stereocenters.